The van der Waals surface area contributed by atoms with Gasteiger partial charge in [-0.15, -0.1) is 0 Å². The molecule has 0 saturated heterocycles. The molecule has 3 heteroatoms. The van der Waals surface area contributed by atoms with Crippen molar-refractivity contribution in [1.29, 1.82) is 0 Å². The molecule has 0 N–H and O–H groups in total. The third-order valence-corrected chi connectivity index (χ3v) is 4.51. The first-order valence-electron chi connectivity index (χ1n) is 11.1. The summed E-state index contributed by atoms with van der Waals surface area (Å²) < 4.78 is 10.2. The molecule has 0 amide bonds. The molecule has 1 aromatic carbocycles. The van der Waals surface area contributed by atoms with Gasteiger partial charge in [0.2, 0.25) is 0 Å². The van der Waals surface area contributed by atoms with Gasteiger partial charge in [-0.1, -0.05) is 112 Å². The fourth-order valence-corrected chi connectivity index (χ4v) is 2.78. The van der Waals surface area contributed by atoms with E-state index in [0.717, 1.165) is 24.8 Å². The van der Waals surface area contributed by atoms with Gasteiger partial charge in [-0.2, -0.15) is 0 Å². The highest BCUT2D eigenvalue weighted by atomic mass is 16.7. The Hall–Kier alpha value is -2.29. The minimum absolute atomic E-state index is 0.263. The normalized spacial score (nSPS) is 11.6. The quantitative estimate of drug-likeness (QED) is 0.161. The first kappa shape index (κ1) is 24.7. The first-order chi connectivity index (χ1) is 14.3. The third kappa shape index (κ3) is 16.4. The predicted molar refractivity (Wildman–Crippen MR) is 122 cm³/mol. The highest BCUT2D eigenvalue weighted by Gasteiger charge is 2.03. The second kappa shape index (κ2) is 19.0. The van der Waals surface area contributed by atoms with Crippen LogP contribution in [0.5, 0.6) is 0 Å². The summed E-state index contributed by atoms with van der Waals surface area (Å²) in [5, 5.41) is 0. The lowest BCUT2D eigenvalue weighted by Crippen LogP contribution is -2.08. The van der Waals surface area contributed by atoms with Crippen LogP contribution in [0.1, 0.15) is 76.7 Å². The molecule has 160 valence electrons. The maximum absolute atomic E-state index is 11.5. The Morgan fingerprint density at radius 2 is 1.38 bits per heavy atom. The summed E-state index contributed by atoms with van der Waals surface area (Å²) in [7, 11) is 0. The Balaban J connectivity index is 1.85. The van der Waals surface area contributed by atoms with Gasteiger partial charge in [0.1, 0.15) is 6.61 Å². The summed E-state index contributed by atoms with van der Waals surface area (Å²) >= 11 is 0. The number of ether oxygens (including phenoxy) is 2. The van der Waals surface area contributed by atoms with Crippen LogP contribution in [0.3, 0.4) is 0 Å². The van der Waals surface area contributed by atoms with Gasteiger partial charge in [-0.05, 0) is 31.2 Å². The monoisotopic (exact) mass is 398 g/mol. The van der Waals surface area contributed by atoms with E-state index in [9.17, 15) is 4.79 Å². The molecule has 0 radical (unpaired) electrons. The summed E-state index contributed by atoms with van der Waals surface area (Å²) in [5.74, 6) is 0. The van der Waals surface area contributed by atoms with Crippen LogP contribution in [-0.4, -0.2) is 12.8 Å². The van der Waals surface area contributed by atoms with Crippen LogP contribution in [-0.2, 0) is 16.1 Å². The van der Waals surface area contributed by atoms with Crippen LogP contribution >= 0.6 is 0 Å². The zero-order valence-corrected chi connectivity index (χ0v) is 18.1. The van der Waals surface area contributed by atoms with E-state index in [1.807, 2.05) is 30.3 Å². The zero-order valence-electron chi connectivity index (χ0n) is 18.1. The number of carbonyl (C=O) groups excluding carboxylic acids is 1. The SMILES string of the molecule is CCCC/C=C/C=C/C=C\CCCCCCCCOC(=O)OCc1ccccc1. The third-order valence-electron chi connectivity index (χ3n) is 4.51. The van der Waals surface area contributed by atoms with Crippen LogP contribution in [0.2, 0.25) is 0 Å². The molecule has 0 unspecified atom stereocenters. The minimum Gasteiger partial charge on any atom is -0.434 e. The first-order valence-corrected chi connectivity index (χ1v) is 11.1. The smallest absolute Gasteiger partial charge is 0.434 e. The van der Waals surface area contributed by atoms with Gasteiger partial charge >= 0.3 is 6.16 Å². The van der Waals surface area contributed by atoms with E-state index in [1.165, 1.54) is 44.9 Å². The van der Waals surface area contributed by atoms with Crippen molar-refractivity contribution in [3.63, 3.8) is 0 Å². The van der Waals surface area contributed by atoms with Crippen LogP contribution in [0.4, 0.5) is 4.79 Å². The number of unbranched alkanes of at least 4 members (excludes halogenated alkanes) is 8. The molecule has 29 heavy (non-hydrogen) atoms. The van der Waals surface area contributed by atoms with Crippen LogP contribution in [0, 0.1) is 0 Å². The Morgan fingerprint density at radius 3 is 2.07 bits per heavy atom. The predicted octanol–water partition coefficient (Wildman–Crippen LogP) is 7.93. The molecule has 0 aliphatic rings. The van der Waals surface area contributed by atoms with E-state index >= 15 is 0 Å². The second-order valence-electron chi connectivity index (χ2n) is 7.17. The lowest BCUT2D eigenvalue weighted by atomic mass is 10.1. The molecule has 0 atom stereocenters. The number of benzene rings is 1. The largest absolute Gasteiger partial charge is 0.508 e. The molecule has 1 rings (SSSR count). The van der Waals surface area contributed by atoms with Crippen molar-refractivity contribution in [3.05, 3.63) is 72.4 Å². The summed E-state index contributed by atoms with van der Waals surface area (Å²) in [4.78, 5) is 11.5. The van der Waals surface area contributed by atoms with Crippen LogP contribution in [0.25, 0.3) is 0 Å². The van der Waals surface area contributed by atoms with Gasteiger partial charge in [0, 0.05) is 0 Å². The summed E-state index contributed by atoms with van der Waals surface area (Å²) in [5.41, 5.74) is 0.967. The van der Waals surface area contributed by atoms with Gasteiger partial charge in [0.15, 0.2) is 0 Å². The van der Waals surface area contributed by atoms with Gasteiger partial charge in [0.05, 0.1) is 6.61 Å². The highest BCUT2D eigenvalue weighted by Crippen LogP contribution is 2.08. The Labute approximate surface area is 177 Å². The van der Waals surface area contributed by atoms with Crippen molar-refractivity contribution in [1.82, 2.24) is 0 Å². The van der Waals surface area contributed by atoms with Gasteiger partial charge in [0.25, 0.3) is 0 Å². The molecule has 0 aromatic heterocycles. The minimum atomic E-state index is -0.578. The molecular weight excluding hydrogens is 360 g/mol. The number of hydrogen-bond acceptors (Lipinski definition) is 3. The number of hydrogen-bond donors (Lipinski definition) is 0. The number of rotatable bonds is 16. The van der Waals surface area contributed by atoms with Crippen molar-refractivity contribution in [2.75, 3.05) is 6.61 Å². The molecule has 0 fully saturated rings. The molecule has 0 heterocycles. The van der Waals surface area contributed by atoms with E-state index < -0.39 is 6.16 Å². The average molecular weight is 399 g/mol. The number of allylic oxidation sites excluding steroid dienone is 6. The summed E-state index contributed by atoms with van der Waals surface area (Å²) in [6.07, 6.45) is 24.1. The highest BCUT2D eigenvalue weighted by molar-refractivity contribution is 5.59. The second-order valence-corrected chi connectivity index (χ2v) is 7.17. The molecule has 0 aliphatic carbocycles. The van der Waals surface area contributed by atoms with Crippen LogP contribution in [0.15, 0.2) is 66.8 Å². The summed E-state index contributed by atoms with van der Waals surface area (Å²) in [6.45, 7) is 2.92. The topological polar surface area (TPSA) is 35.5 Å². The van der Waals surface area contributed by atoms with Crippen molar-refractivity contribution < 1.29 is 14.3 Å². The summed E-state index contributed by atoms with van der Waals surface area (Å²) in [6, 6.07) is 9.63. The van der Waals surface area contributed by atoms with Gasteiger partial charge < -0.3 is 9.47 Å². The van der Waals surface area contributed by atoms with Gasteiger partial charge in [-0.3, -0.25) is 0 Å². The Morgan fingerprint density at radius 1 is 0.759 bits per heavy atom. The van der Waals surface area contributed by atoms with Crippen molar-refractivity contribution in [2.45, 2.75) is 77.7 Å². The van der Waals surface area contributed by atoms with Crippen molar-refractivity contribution in [2.24, 2.45) is 0 Å². The fourth-order valence-electron chi connectivity index (χ4n) is 2.78. The van der Waals surface area contributed by atoms with E-state index in [2.05, 4.69) is 43.4 Å². The van der Waals surface area contributed by atoms with Crippen molar-refractivity contribution in [3.8, 4) is 0 Å². The molecule has 0 saturated carbocycles. The standard InChI is InChI=1S/C26H38O3/c1-2-3-4-5-6-7-8-9-10-11-12-13-14-15-16-20-23-28-26(27)29-24-25-21-18-17-19-22-25/h5-10,17-19,21-22H,2-4,11-16,20,23-24H2,1H3/b6-5+,8-7+,10-9-. The molecule has 1 aromatic rings. The maximum Gasteiger partial charge on any atom is 0.508 e. The van der Waals surface area contributed by atoms with Crippen molar-refractivity contribution >= 4 is 6.16 Å². The zero-order chi connectivity index (χ0) is 20.8. The van der Waals surface area contributed by atoms with Gasteiger partial charge in [-0.25, -0.2) is 4.79 Å². The molecule has 0 spiro atoms. The number of carbonyl (C=O) groups is 1. The molecule has 3 nitrogen and oxygen atoms in total. The molecule has 0 bridgehead atoms. The lowest BCUT2D eigenvalue weighted by molar-refractivity contribution is 0.0487. The van der Waals surface area contributed by atoms with E-state index in [4.69, 9.17) is 9.47 Å². The van der Waals surface area contributed by atoms with E-state index in [1.54, 1.807) is 0 Å². The maximum atomic E-state index is 11.5. The van der Waals surface area contributed by atoms with Crippen LogP contribution < -0.4 is 0 Å². The molecular formula is C26H38O3. The molecule has 0 aliphatic heterocycles. The lowest BCUT2D eigenvalue weighted by Gasteiger charge is -2.06. The Kier molecular flexibility index (Phi) is 16.3. The fraction of sp³-hybridized carbons (Fsp3) is 0.500. The average Bonchev–Trinajstić information content (AvgIpc) is 2.75. The van der Waals surface area contributed by atoms with E-state index in [0.29, 0.717) is 6.61 Å². The van der Waals surface area contributed by atoms with E-state index in [-0.39, 0.29) is 6.61 Å². The Bertz CT molecular complexity index is 587.